The first-order chi connectivity index (χ1) is 8.41. The minimum Gasteiger partial charge on any atom is -0.328 e. The topological polar surface area (TPSA) is 63.4 Å². The maximum atomic E-state index is 12.9. The van der Waals surface area contributed by atoms with Gasteiger partial charge in [-0.05, 0) is 31.0 Å². The molecule has 108 valence electrons. The molecule has 1 aliphatic rings. The Balaban J connectivity index is 0.00000180. The highest BCUT2D eigenvalue weighted by Crippen LogP contribution is 2.27. The first-order valence-electron chi connectivity index (χ1n) is 5.62. The lowest BCUT2D eigenvalue weighted by Gasteiger charge is -2.29. The zero-order chi connectivity index (χ0) is 13.3. The van der Waals surface area contributed by atoms with E-state index in [2.05, 4.69) is 0 Å². The maximum absolute atomic E-state index is 12.9. The van der Waals surface area contributed by atoms with Crippen molar-refractivity contribution >= 4 is 34.0 Å². The number of benzene rings is 1. The smallest absolute Gasteiger partial charge is 0.244 e. The molecule has 0 aromatic heterocycles. The van der Waals surface area contributed by atoms with Crippen LogP contribution in [0.1, 0.15) is 12.8 Å². The highest BCUT2D eigenvalue weighted by atomic mass is 35.5. The summed E-state index contributed by atoms with van der Waals surface area (Å²) >= 11 is 5.79. The lowest BCUT2D eigenvalue weighted by Crippen LogP contribution is -2.42. The second kappa shape index (κ2) is 6.37. The number of piperidine rings is 1. The standard InChI is InChI=1S/C11H14ClFN2O2S.ClH/c12-10-7-8(13)1-2-11(10)18(16,17)15-5-3-9(14)4-6-15;/h1-2,7,9H,3-6,14H2;1H. The molecule has 1 aromatic carbocycles. The summed E-state index contributed by atoms with van der Waals surface area (Å²) in [6.45, 7) is 0.744. The molecule has 19 heavy (non-hydrogen) atoms. The van der Waals surface area contributed by atoms with Crippen LogP contribution < -0.4 is 5.73 Å². The molecule has 2 rings (SSSR count). The lowest BCUT2D eigenvalue weighted by molar-refractivity contribution is 0.320. The van der Waals surface area contributed by atoms with Crippen molar-refractivity contribution in [1.29, 1.82) is 0 Å². The zero-order valence-corrected chi connectivity index (χ0v) is 12.4. The average molecular weight is 329 g/mol. The van der Waals surface area contributed by atoms with Gasteiger partial charge in [-0.2, -0.15) is 4.31 Å². The van der Waals surface area contributed by atoms with E-state index in [9.17, 15) is 12.8 Å². The van der Waals surface area contributed by atoms with Gasteiger partial charge in [-0.1, -0.05) is 11.6 Å². The molecule has 2 N–H and O–H groups in total. The summed E-state index contributed by atoms with van der Waals surface area (Å²) < 4.78 is 38.9. The number of hydrogen-bond acceptors (Lipinski definition) is 3. The van der Waals surface area contributed by atoms with E-state index in [1.165, 1.54) is 10.4 Å². The molecule has 1 saturated heterocycles. The molecule has 0 amide bonds. The van der Waals surface area contributed by atoms with Crippen molar-refractivity contribution in [3.8, 4) is 0 Å². The molecule has 1 heterocycles. The Hall–Kier alpha value is -0.400. The van der Waals surface area contributed by atoms with Gasteiger partial charge in [0.2, 0.25) is 10.0 Å². The highest BCUT2D eigenvalue weighted by molar-refractivity contribution is 7.89. The second-order valence-electron chi connectivity index (χ2n) is 4.32. The molecule has 0 saturated carbocycles. The van der Waals surface area contributed by atoms with Crippen LogP contribution in [0.3, 0.4) is 0 Å². The third-order valence-corrected chi connectivity index (χ3v) is 5.39. The maximum Gasteiger partial charge on any atom is 0.244 e. The van der Waals surface area contributed by atoms with E-state index in [0.717, 1.165) is 12.1 Å². The van der Waals surface area contributed by atoms with Gasteiger partial charge in [0.25, 0.3) is 0 Å². The Kier molecular flexibility index (Phi) is 5.58. The summed E-state index contributed by atoms with van der Waals surface area (Å²) in [5.41, 5.74) is 5.73. The van der Waals surface area contributed by atoms with E-state index in [4.69, 9.17) is 17.3 Å². The summed E-state index contributed by atoms with van der Waals surface area (Å²) in [4.78, 5) is -0.0546. The summed E-state index contributed by atoms with van der Waals surface area (Å²) in [6, 6.07) is 3.33. The Morgan fingerprint density at radius 1 is 1.32 bits per heavy atom. The molecule has 1 aromatic rings. The molecule has 0 radical (unpaired) electrons. The number of rotatable bonds is 2. The van der Waals surface area contributed by atoms with Crippen LogP contribution in [0, 0.1) is 5.82 Å². The molecule has 0 aliphatic carbocycles. The van der Waals surface area contributed by atoms with Crippen molar-refractivity contribution in [1.82, 2.24) is 4.31 Å². The van der Waals surface area contributed by atoms with Crippen LogP contribution >= 0.6 is 24.0 Å². The molecule has 8 heteroatoms. The van der Waals surface area contributed by atoms with Crippen LogP contribution in [0.5, 0.6) is 0 Å². The van der Waals surface area contributed by atoms with Crippen LogP contribution in [-0.4, -0.2) is 31.9 Å². The molecule has 1 fully saturated rings. The monoisotopic (exact) mass is 328 g/mol. The minimum absolute atomic E-state index is 0. The van der Waals surface area contributed by atoms with Crippen LogP contribution in [0.15, 0.2) is 23.1 Å². The van der Waals surface area contributed by atoms with Crippen molar-refractivity contribution in [2.75, 3.05) is 13.1 Å². The van der Waals surface area contributed by atoms with Crippen molar-refractivity contribution < 1.29 is 12.8 Å². The van der Waals surface area contributed by atoms with Crippen molar-refractivity contribution in [2.24, 2.45) is 5.73 Å². The molecule has 4 nitrogen and oxygen atoms in total. The fourth-order valence-corrected chi connectivity index (χ4v) is 3.91. The number of nitrogens with zero attached hydrogens (tertiary/aromatic N) is 1. The predicted molar refractivity (Wildman–Crippen MR) is 74.6 cm³/mol. The van der Waals surface area contributed by atoms with Gasteiger partial charge in [0.15, 0.2) is 0 Å². The van der Waals surface area contributed by atoms with Crippen LogP contribution in [0.25, 0.3) is 0 Å². The number of hydrogen-bond donors (Lipinski definition) is 1. The Morgan fingerprint density at radius 2 is 1.89 bits per heavy atom. The zero-order valence-electron chi connectivity index (χ0n) is 10.1. The van der Waals surface area contributed by atoms with Gasteiger partial charge in [0.1, 0.15) is 10.7 Å². The van der Waals surface area contributed by atoms with Crippen LogP contribution in [-0.2, 0) is 10.0 Å². The minimum atomic E-state index is -3.65. The van der Waals surface area contributed by atoms with E-state index >= 15 is 0 Å². The van der Waals surface area contributed by atoms with Gasteiger partial charge in [-0.3, -0.25) is 0 Å². The SMILES string of the molecule is Cl.NC1CCN(S(=O)(=O)c2ccc(F)cc2Cl)CC1. The van der Waals surface area contributed by atoms with E-state index < -0.39 is 15.8 Å². The lowest BCUT2D eigenvalue weighted by atomic mass is 10.1. The fourth-order valence-electron chi connectivity index (χ4n) is 1.94. The number of halogens is 3. The van der Waals surface area contributed by atoms with E-state index in [1.807, 2.05) is 0 Å². The number of nitrogens with two attached hydrogens (primary N) is 1. The largest absolute Gasteiger partial charge is 0.328 e. The molecule has 1 aliphatic heterocycles. The van der Waals surface area contributed by atoms with Gasteiger partial charge >= 0.3 is 0 Å². The van der Waals surface area contributed by atoms with Gasteiger partial charge in [0, 0.05) is 19.1 Å². The van der Waals surface area contributed by atoms with Crippen molar-refractivity contribution in [3.05, 3.63) is 29.0 Å². The predicted octanol–water partition coefficient (Wildman–Crippen LogP) is 2.01. The Labute approximate surface area is 123 Å². The van der Waals surface area contributed by atoms with Gasteiger partial charge < -0.3 is 5.73 Å². The molecule has 0 unspecified atom stereocenters. The third kappa shape index (κ3) is 3.58. The summed E-state index contributed by atoms with van der Waals surface area (Å²) in [5, 5.41) is -0.0927. The van der Waals surface area contributed by atoms with E-state index in [1.54, 1.807) is 0 Å². The Bertz CT molecular complexity index is 546. The fraction of sp³-hybridized carbons (Fsp3) is 0.455. The van der Waals surface area contributed by atoms with Crippen molar-refractivity contribution in [3.63, 3.8) is 0 Å². The molecular weight excluding hydrogens is 314 g/mol. The molecule has 0 spiro atoms. The van der Waals surface area contributed by atoms with Gasteiger partial charge in [-0.25, -0.2) is 12.8 Å². The number of sulfonamides is 1. The Morgan fingerprint density at radius 3 is 2.42 bits per heavy atom. The van der Waals surface area contributed by atoms with Crippen LogP contribution in [0.4, 0.5) is 4.39 Å². The molecular formula is C11H15Cl2FN2O2S. The summed E-state index contributed by atoms with van der Waals surface area (Å²) in [6.07, 6.45) is 1.25. The normalized spacial score (nSPS) is 18.1. The van der Waals surface area contributed by atoms with Gasteiger partial charge in [0.05, 0.1) is 5.02 Å². The quantitative estimate of drug-likeness (QED) is 0.903. The summed E-state index contributed by atoms with van der Waals surface area (Å²) in [7, 11) is -3.65. The summed E-state index contributed by atoms with van der Waals surface area (Å²) in [5.74, 6) is -0.556. The average Bonchev–Trinajstić information content (AvgIpc) is 2.29. The van der Waals surface area contributed by atoms with E-state index in [0.29, 0.717) is 25.9 Å². The highest BCUT2D eigenvalue weighted by Gasteiger charge is 2.29. The van der Waals surface area contributed by atoms with E-state index in [-0.39, 0.29) is 28.4 Å². The van der Waals surface area contributed by atoms with Crippen LogP contribution in [0.2, 0.25) is 5.02 Å². The first-order valence-corrected chi connectivity index (χ1v) is 7.44. The van der Waals surface area contributed by atoms with Gasteiger partial charge in [-0.15, -0.1) is 12.4 Å². The molecule has 0 bridgehead atoms. The first kappa shape index (κ1) is 16.7. The second-order valence-corrected chi connectivity index (χ2v) is 6.63. The molecule has 0 atom stereocenters. The van der Waals surface area contributed by atoms with Crippen molar-refractivity contribution in [2.45, 2.75) is 23.8 Å². The third-order valence-electron chi connectivity index (χ3n) is 3.01.